The lowest BCUT2D eigenvalue weighted by molar-refractivity contribution is 0.259. The third kappa shape index (κ3) is 4.24. The Morgan fingerprint density at radius 1 is 0.839 bits per heavy atom. The lowest BCUT2D eigenvalue weighted by Gasteiger charge is -2.31. The van der Waals surface area contributed by atoms with Gasteiger partial charge in [0, 0.05) is 11.1 Å². The third-order valence-electron chi connectivity index (χ3n) is 5.54. The molecule has 4 heteroatoms. The zero-order valence-electron chi connectivity index (χ0n) is 18.5. The Labute approximate surface area is 184 Å². The van der Waals surface area contributed by atoms with Crippen LogP contribution in [0.2, 0.25) is 0 Å². The van der Waals surface area contributed by atoms with Gasteiger partial charge in [-0.3, -0.25) is 0 Å². The highest BCUT2D eigenvalue weighted by Gasteiger charge is 2.29. The van der Waals surface area contributed by atoms with Crippen LogP contribution in [0.3, 0.4) is 0 Å². The summed E-state index contributed by atoms with van der Waals surface area (Å²) >= 11 is 0. The molecule has 4 rings (SSSR count). The Bertz CT molecular complexity index is 1080. The van der Waals surface area contributed by atoms with Gasteiger partial charge in [0.25, 0.3) is 0 Å². The predicted molar refractivity (Wildman–Crippen MR) is 124 cm³/mol. The third-order valence-corrected chi connectivity index (χ3v) is 5.54. The topological polar surface area (TPSA) is 36.9 Å². The fraction of sp³-hybridized carbons (Fsp3) is 0.259. The van der Waals surface area contributed by atoms with Crippen LogP contribution in [0.1, 0.15) is 43.1 Å². The van der Waals surface area contributed by atoms with E-state index < -0.39 is 0 Å². The van der Waals surface area contributed by atoms with E-state index in [2.05, 4.69) is 38.1 Å². The molecule has 0 saturated carbocycles. The SMILES string of the molecule is CCCOc1ccc(C2Oc3ccc(OC)cc3C(C)=C2c2cccc(OC)c2)cc1. The van der Waals surface area contributed by atoms with Crippen molar-refractivity contribution < 1.29 is 18.9 Å². The Kier molecular flexibility index (Phi) is 6.17. The molecule has 0 aliphatic carbocycles. The summed E-state index contributed by atoms with van der Waals surface area (Å²) < 4.78 is 23.2. The van der Waals surface area contributed by atoms with Crippen LogP contribution >= 0.6 is 0 Å². The van der Waals surface area contributed by atoms with Crippen molar-refractivity contribution in [3.05, 3.63) is 83.4 Å². The average Bonchev–Trinajstić information content (AvgIpc) is 2.82. The summed E-state index contributed by atoms with van der Waals surface area (Å²) in [5.41, 5.74) is 5.45. The fourth-order valence-corrected chi connectivity index (χ4v) is 3.91. The van der Waals surface area contributed by atoms with Crippen molar-refractivity contribution in [1.82, 2.24) is 0 Å². The van der Waals surface area contributed by atoms with Crippen LogP contribution in [0.5, 0.6) is 23.0 Å². The Hall–Kier alpha value is -3.40. The molecule has 0 fully saturated rings. The fourth-order valence-electron chi connectivity index (χ4n) is 3.91. The van der Waals surface area contributed by atoms with E-state index in [1.165, 1.54) is 0 Å². The van der Waals surface area contributed by atoms with E-state index >= 15 is 0 Å². The Morgan fingerprint density at radius 2 is 1.55 bits per heavy atom. The van der Waals surface area contributed by atoms with Crippen LogP contribution in [-0.4, -0.2) is 20.8 Å². The molecule has 0 saturated heterocycles. The van der Waals surface area contributed by atoms with Crippen LogP contribution in [0, 0.1) is 0 Å². The molecule has 1 atom stereocenters. The van der Waals surface area contributed by atoms with Gasteiger partial charge in [-0.1, -0.05) is 31.2 Å². The van der Waals surface area contributed by atoms with Gasteiger partial charge in [-0.25, -0.2) is 0 Å². The largest absolute Gasteiger partial charge is 0.497 e. The second kappa shape index (κ2) is 9.17. The van der Waals surface area contributed by atoms with Gasteiger partial charge >= 0.3 is 0 Å². The van der Waals surface area contributed by atoms with Crippen LogP contribution in [0.15, 0.2) is 66.7 Å². The number of methoxy groups -OCH3 is 2. The maximum Gasteiger partial charge on any atom is 0.150 e. The van der Waals surface area contributed by atoms with Crippen LogP contribution in [0.25, 0.3) is 11.1 Å². The molecule has 1 aliphatic rings. The van der Waals surface area contributed by atoms with Gasteiger partial charge in [-0.15, -0.1) is 0 Å². The lowest BCUT2D eigenvalue weighted by Crippen LogP contribution is -2.16. The molecule has 4 nitrogen and oxygen atoms in total. The van der Waals surface area contributed by atoms with E-state index in [4.69, 9.17) is 18.9 Å². The number of hydrogen-bond acceptors (Lipinski definition) is 4. The van der Waals surface area contributed by atoms with E-state index in [1.807, 2.05) is 42.5 Å². The van der Waals surface area contributed by atoms with Gasteiger partial charge < -0.3 is 18.9 Å². The minimum atomic E-state index is -0.242. The van der Waals surface area contributed by atoms with E-state index in [9.17, 15) is 0 Å². The second-order valence-corrected chi connectivity index (χ2v) is 7.55. The van der Waals surface area contributed by atoms with Crippen molar-refractivity contribution in [3.63, 3.8) is 0 Å². The van der Waals surface area contributed by atoms with Crippen molar-refractivity contribution in [2.75, 3.05) is 20.8 Å². The molecular weight excluding hydrogens is 388 g/mol. The summed E-state index contributed by atoms with van der Waals surface area (Å²) in [6.45, 7) is 4.95. The molecule has 0 spiro atoms. The quantitative estimate of drug-likeness (QED) is 0.437. The number of allylic oxidation sites excluding steroid dienone is 1. The molecule has 0 bridgehead atoms. The van der Waals surface area contributed by atoms with Crippen molar-refractivity contribution >= 4 is 11.1 Å². The standard InChI is InChI=1S/C27H28O4/c1-5-15-30-21-11-9-19(10-12-21)27-26(20-7-6-8-22(16-20)28-3)18(2)24-17-23(29-4)13-14-25(24)31-27/h6-14,16-17,27H,5,15H2,1-4H3. The van der Waals surface area contributed by atoms with Gasteiger partial charge in [-0.2, -0.15) is 0 Å². The molecule has 160 valence electrons. The minimum Gasteiger partial charge on any atom is -0.497 e. The summed E-state index contributed by atoms with van der Waals surface area (Å²) in [6, 6.07) is 22.2. The highest BCUT2D eigenvalue weighted by molar-refractivity contribution is 5.95. The zero-order valence-corrected chi connectivity index (χ0v) is 18.5. The smallest absolute Gasteiger partial charge is 0.150 e. The van der Waals surface area contributed by atoms with Gasteiger partial charge in [-0.05, 0) is 72.5 Å². The molecule has 3 aromatic carbocycles. The number of fused-ring (bicyclic) bond motifs is 1. The number of ether oxygens (including phenoxy) is 4. The van der Waals surface area contributed by atoms with E-state index in [-0.39, 0.29) is 6.10 Å². The van der Waals surface area contributed by atoms with E-state index in [1.54, 1.807) is 14.2 Å². The molecule has 0 N–H and O–H groups in total. The summed E-state index contributed by atoms with van der Waals surface area (Å²) in [5, 5.41) is 0. The van der Waals surface area contributed by atoms with E-state index in [0.717, 1.165) is 57.3 Å². The molecule has 1 unspecified atom stereocenters. The van der Waals surface area contributed by atoms with Gasteiger partial charge in [0.15, 0.2) is 0 Å². The van der Waals surface area contributed by atoms with Crippen molar-refractivity contribution in [1.29, 1.82) is 0 Å². The average molecular weight is 417 g/mol. The van der Waals surface area contributed by atoms with Crippen LogP contribution in [0.4, 0.5) is 0 Å². The van der Waals surface area contributed by atoms with Crippen molar-refractivity contribution in [2.24, 2.45) is 0 Å². The Morgan fingerprint density at radius 3 is 2.26 bits per heavy atom. The zero-order chi connectivity index (χ0) is 21.8. The first-order valence-corrected chi connectivity index (χ1v) is 10.6. The number of hydrogen-bond donors (Lipinski definition) is 0. The molecule has 1 aliphatic heterocycles. The highest BCUT2D eigenvalue weighted by atomic mass is 16.5. The normalized spacial score (nSPS) is 15.2. The Balaban J connectivity index is 1.82. The molecule has 1 heterocycles. The first kappa shape index (κ1) is 20.9. The summed E-state index contributed by atoms with van der Waals surface area (Å²) in [4.78, 5) is 0. The molecule has 31 heavy (non-hydrogen) atoms. The van der Waals surface area contributed by atoms with Crippen LogP contribution < -0.4 is 18.9 Å². The molecule has 0 amide bonds. The van der Waals surface area contributed by atoms with Gasteiger partial charge in [0.05, 0.1) is 20.8 Å². The molecule has 0 aromatic heterocycles. The van der Waals surface area contributed by atoms with Crippen molar-refractivity contribution in [3.8, 4) is 23.0 Å². The molecule has 0 radical (unpaired) electrons. The van der Waals surface area contributed by atoms with Crippen molar-refractivity contribution in [2.45, 2.75) is 26.4 Å². The first-order valence-electron chi connectivity index (χ1n) is 10.6. The molecular formula is C27H28O4. The second-order valence-electron chi connectivity index (χ2n) is 7.55. The summed E-state index contributed by atoms with van der Waals surface area (Å²) in [6.07, 6.45) is 0.739. The van der Waals surface area contributed by atoms with Gasteiger partial charge in [0.2, 0.25) is 0 Å². The number of rotatable bonds is 7. The first-order chi connectivity index (χ1) is 15.1. The summed E-state index contributed by atoms with van der Waals surface area (Å²) in [7, 11) is 3.36. The predicted octanol–water partition coefficient (Wildman–Crippen LogP) is 6.56. The molecule has 3 aromatic rings. The minimum absolute atomic E-state index is 0.242. The van der Waals surface area contributed by atoms with Crippen LogP contribution in [-0.2, 0) is 0 Å². The highest BCUT2D eigenvalue weighted by Crippen LogP contribution is 2.47. The maximum atomic E-state index is 6.55. The maximum absolute atomic E-state index is 6.55. The number of benzene rings is 3. The monoisotopic (exact) mass is 416 g/mol. The lowest BCUT2D eigenvalue weighted by atomic mass is 9.86. The van der Waals surface area contributed by atoms with Gasteiger partial charge in [0.1, 0.15) is 29.1 Å². The van der Waals surface area contributed by atoms with E-state index in [0.29, 0.717) is 6.61 Å². The summed E-state index contributed by atoms with van der Waals surface area (Å²) in [5.74, 6) is 3.34.